The van der Waals surface area contributed by atoms with Crippen LogP contribution >= 0.6 is 34.2 Å². The summed E-state index contributed by atoms with van der Waals surface area (Å²) in [5.41, 5.74) is 5.41. The van der Waals surface area contributed by atoms with Crippen molar-refractivity contribution in [3.8, 4) is 0 Å². The van der Waals surface area contributed by atoms with Crippen LogP contribution in [-0.4, -0.2) is 16.8 Å². The van der Waals surface area contributed by atoms with Gasteiger partial charge in [-0.15, -0.1) is 0 Å². The van der Waals surface area contributed by atoms with E-state index in [1.165, 1.54) is 0 Å². The van der Waals surface area contributed by atoms with Crippen molar-refractivity contribution < 1.29 is 9.59 Å². The van der Waals surface area contributed by atoms with E-state index in [4.69, 9.17) is 11.6 Å². The quantitative estimate of drug-likeness (QED) is 0.545. The molecule has 0 bridgehead atoms. The number of hydrogen-bond acceptors (Lipinski definition) is 2. The largest absolute Gasteiger partial charge is 0.357 e. The van der Waals surface area contributed by atoms with Crippen molar-refractivity contribution >= 4 is 46.0 Å². The van der Waals surface area contributed by atoms with Gasteiger partial charge < -0.3 is 4.98 Å². The number of hydrogen-bond donors (Lipinski definition) is 3. The highest BCUT2D eigenvalue weighted by Gasteiger charge is 2.12. The van der Waals surface area contributed by atoms with Gasteiger partial charge in [-0.25, -0.2) is 0 Å². The van der Waals surface area contributed by atoms with Crippen molar-refractivity contribution in [2.75, 3.05) is 0 Å². The molecule has 0 radical (unpaired) electrons. The standard InChI is InChI=1S/C12H9ClIN3O2/c13-7-3-4-9(14)8(6-7)11(18)16-17-12(19)10-2-1-5-15-10/h1-6,15H,(H,16,18)(H,17,19). The van der Waals surface area contributed by atoms with E-state index in [-0.39, 0.29) is 0 Å². The lowest BCUT2D eigenvalue weighted by atomic mass is 10.2. The molecule has 0 spiro atoms. The predicted molar refractivity (Wildman–Crippen MR) is 79.9 cm³/mol. The van der Waals surface area contributed by atoms with Crippen LogP contribution < -0.4 is 10.9 Å². The fraction of sp³-hybridized carbons (Fsp3) is 0. The third-order valence-corrected chi connectivity index (χ3v) is 3.48. The molecule has 1 aromatic heterocycles. The second-order valence-corrected chi connectivity index (χ2v) is 5.21. The molecule has 1 heterocycles. The van der Waals surface area contributed by atoms with Crippen LogP contribution in [0, 0.1) is 3.57 Å². The SMILES string of the molecule is O=C(NNC(=O)c1cc(Cl)ccc1I)c1ccc[nH]1. The molecule has 0 atom stereocenters. The van der Waals surface area contributed by atoms with Crippen LogP contribution in [-0.2, 0) is 0 Å². The molecule has 2 rings (SSSR count). The fourth-order valence-electron chi connectivity index (χ4n) is 1.39. The third kappa shape index (κ3) is 3.48. The van der Waals surface area contributed by atoms with E-state index >= 15 is 0 Å². The predicted octanol–water partition coefficient (Wildman–Crippen LogP) is 2.35. The Morgan fingerprint density at radius 2 is 1.89 bits per heavy atom. The molecule has 98 valence electrons. The van der Waals surface area contributed by atoms with E-state index in [0.717, 1.165) is 3.57 Å². The van der Waals surface area contributed by atoms with E-state index in [1.807, 2.05) is 22.6 Å². The zero-order valence-electron chi connectivity index (χ0n) is 9.54. The van der Waals surface area contributed by atoms with Crippen molar-refractivity contribution in [2.24, 2.45) is 0 Å². The van der Waals surface area contributed by atoms with Crippen LogP contribution in [0.4, 0.5) is 0 Å². The Balaban J connectivity index is 2.02. The van der Waals surface area contributed by atoms with Crippen molar-refractivity contribution in [1.29, 1.82) is 0 Å². The average Bonchev–Trinajstić information content (AvgIpc) is 2.92. The number of benzene rings is 1. The Morgan fingerprint density at radius 3 is 2.58 bits per heavy atom. The van der Waals surface area contributed by atoms with E-state index in [1.54, 1.807) is 36.5 Å². The second kappa shape index (κ2) is 6.07. The van der Waals surface area contributed by atoms with Gasteiger partial charge in [-0.3, -0.25) is 20.4 Å². The highest BCUT2D eigenvalue weighted by Crippen LogP contribution is 2.17. The summed E-state index contributed by atoms with van der Waals surface area (Å²) < 4.78 is 0.744. The minimum absolute atomic E-state index is 0.362. The van der Waals surface area contributed by atoms with Gasteiger partial charge >= 0.3 is 0 Å². The summed E-state index contributed by atoms with van der Waals surface area (Å²) in [5.74, 6) is -0.845. The normalized spacial score (nSPS) is 10.0. The summed E-state index contributed by atoms with van der Waals surface area (Å²) in [4.78, 5) is 26.2. The number of halogens is 2. The Bertz CT molecular complexity index is 613. The van der Waals surface area contributed by atoms with Crippen LogP contribution in [0.2, 0.25) is 5.02 Å². The minimum atomic E-state index is -0.424. The summed E-state index contributed by atoms with van der Waals surface area (Å²) in [6.07, 6.45) is 1.62. The molecular formula is C12H9ClIN3O2. The number of hydrazine groups is 1. The molecule has 0 unspecified atom stereocenters. The van der Waals surface area contributed by atoms with E-state index in [0.29, 0.717) is 16.3 Å². The molecule has 19 heavy (non-hydrogen) atoms. The van der Waals surface area contributed by atoms with Gasteiger partial charge in [-0.1, -0.05) is 11.6 Å². The molecule has 3 N–H and O–H groups in total. The Kier molecular flexibility index (Phi) is 4.43. The number of carbonyl (C=O) groups is 2. The third-order valence-electron chi connectivity index (χ3n) is 2.31. The van der Waals surface area contributed by atoms with Gasteiger partial charge in [0.1, 0.15) is 5.69 Å². The molecule has 0 fully saturated rings. The van der Waals surface area contributed by atoms with Gasteiger partial charge in [-0.2, -0.15) is 0 Å². The van der Waals surface area contributed by atoms with Gasteiger partial charge in [0.05, 0.1) is 5.56 Å². The first-order valence-corrected chi connectivity index (χ1v) is 6.72. The number of aromatic nitrogens is 1. The molecule has 0 saturated carbocycles. The van der Waals surface area contributed by atoms with Gasteiger partial charge in [0, 0.05) is 14.8 Å². The van der Waals surface area contributed by atoms with Crippen LogP contribution in [0.5, 0.6) is 0 Å². The molecule has 0 saturated heterocycles. The lowest BCUT2D eigenvalue weighted by molar-refractivity contribution is 0.0844. The number of H-pyrrole nitrogens is 1. The number of aromatic amines is 1. The summed E-state index contributed by atoms with van der Waals surface area (Å²) >= 11 is 7.85. The smallest absolute Gasteiger partial charge is 0.286 e. The molecule has 1 aromatic carbocycles. The van der Waals surface area contributed by atoms with E-state index in [2.05, 4.69) is 15.8 Å². The Hall–Kier alpha value is -1.54. The van der Waals surface area contributed by atoms with Crippen LogP contribution in [0.15, 0.2) is 36.5 Å². The zero-order chi connectivity index (χ0) is 13.8. The van der Waals surface area contributed by atoms with Crippen molar-refractivity contribution in [2.45, 2.75) is 0 Å². The number of amides is 2. The molecule has 0 aliphatic rings. The maximum atomic E-state index is 11.9. The Labute approximate surface area is 127 Å². The number of nitrogens with one attached hydrogen (secondary N) is 3. The highest BCUT2D eigenvalue weighted by molar-refractivity contribution is 14.1. The summed E-state index contributed by atoms with van der Waals surface area (Å²) in [6.45, 7) is 0. The lowest BCUT2D eigenvalue weighted by Crippen LogP contribution is -2.42. The van der Waals surface area contributed by atoms with Crippen molar-refractivity contribution in [3.63, 3.8) is 0 Å². The maximum absolute atomic E-state index is 11.9. The average molecular weight is 390 g/mol. The minimum Gasteiger partial charge on any atom is -0.357 e. The Morgan fingerprint density at radius 1 is 1.16 bits per heavy atom. The maximum Gasteiger partial charge on any atom is 0.286 e. The topological polar surface area (TPSA) is 74.0 Å². The zero-order valence-corrected chi connectivity index (χ0v) is 12.4. The van der Waals surface area contributed by atoms with Gasteiger partial charge in [0.2, 0.25) is 0 Å². The summed E-state index contributed by atoms with van der Waals surface area (Å²) in [7, 11) is 0. The number of carbonyl (C=O) groups excluding carboxylic acids is 2. The number of rotatable bonds is 2. The molecule has 2 amide bonds. The van der Waals surface area contributed by atoms with E-state index in [9.17, 15) is 9.59 Å². The van der Waals surface area contributed by atoms with Gasteiger partial charge in [0.15, 0.2) is 0 Å². The van der Waals surface area contributed by atoms with Crippen LogP contribution in [0.3, 0.4) is 0 Å². The molecule has 5 nitrogen and oxygen atoms in total. The monoisotopic (exact) mass is 389 g/mol. The first-order chi connectivity index (χ1) is 9.08. The molecule has 0 aliphatic carbocycles. The molecular weight excluding hydrogens is 381 g/mol. The van der Waals surface area contributed by atoms with Gasteiger partial charge in [0.25, 0.3) is 11.8 Å². The first-order valence-electron chi connectivity index (χ1n) is 5.27. The molecule has 7 heteroatoms. The van der Waals surface area contributed by atoms with Gasteiger partial charge in [-0.05, 0) is 52.9 Å². The fourth-order valence-corrected chi connectivity index (χ4v) is 2.14. The van der Waals surface area contributed by atoms with Crippen molar-refractivity contribution in [3.05, 3.63) is 56.4 Å². The first kappa shape index (κ1) is 13.9. The van der Waals surface area contributed by atoms with E-state index < -0.39 is 11.8 Å². The highest BCUT2D eigenvalue weighted by atomic mass is 127. The molecule has 2 aromatic rings. The lowest BCUT2D eigenvalue weighted by Gasteiger charge is -2.08. The van der Waals surface area contributed by atoms with Crippen LogP contribution in [0.1, 0.15) is 20.8 Å². The summed E-state index contributed by atoms with van der Waals surface area (Å²) in [6, 6.07) is 8.25. The van der Waals surface area contributed by atoms with Crippen molar-refractivity contribution in [1.82, 2.24) is 15.8 Å². The van der Waals surface area contributed by atoms with Crippen LogP contribution in [0.25, 0.3) is 0 Å². The summed E-state index contributed by atoms with van der Waals surface area (Å²) in [5, 5.41) is 0.460. The molecule has 0 aliphatic heterocycles. The second-order valence-electron chi connectivity index (χ2n) is 3.62.